The van der Waals surface area contributed by atoms with Crippen molar-refractivity contribution in [1.29, 1.82) is 0 Å². The molecule has 0 radical (unpaired) electrons. The van der Waals surface area contributed by atoms with Crippen LogP contribution in [0.1, 0.15) is 24.0 Å². The van der Waals surface area contributed by atoms with Crippen molar-refractivity contribution in [3.8, 4) is 0 Å². The average molecular weight is 291 g/mol. The molecule has 0 spiro atoms. The van der Waals surface area contributed by atoms with Crippen LogP contribution in [-0.4, -0.2) is 47.7 Å². The summed E-state index contributed by atoms with van der Waals surface area (Å²) in [4.78, 5) is 25.7. The van der Waals surface area contributed by atoms with Crippen molar-refractivity contribution in [2.24, 2.45) is 0 Å². The van der Waals surface area contributed by atoms with Crippen molar-refractivity contribution in [3.05, 3.63) is 35.4 Å². The molecule has 1 unspecified atom stereocenters. The second-order valence-corrected chi connectivity index (χ2v) is 5.52. The Kier molecular flexibility index (Phi) is 4.63. The Bertz CT molecular complexity index is 543. The first kappa shape index (κ1) is 15.5. The second-order valence-electron chi connectivity index (χ2n) is 5.52. The molecule has 0 saturated carbocycles. The zero-order chi connectivity index (χ0) is 15.5. The van der Waals surface area contributed by atoms with Gasteiger partial charge in [0.05, 0.1) is 13.0 Å². The van der Waals surface area contributed by atoms with Gasteiger partial charge in [-0.15, -0.1) is 0 Å². The molecule has 114 valence electrons. The summed E-state index contributed by atoms with van der Waals surface area (Å²) in [6.07, 6.45) is 1.36. The van der Waals surface area contributed by atoms with E-state index in [2.05, 4.69) is 0 Å². The summed E-state index contributed by atoms with van der Waals surface area (Å²) < 4.78 is 5.07. The summed E-state index contributed by atoms with van der Waals surface area (Å²) in [5.74, 6) is -1.14. The van der Waals surface area contributed by atoms with Gasteiger partial charge in [0.2, 0.25) is 5.91 Å². The fourth-order valence-electron chi connectivity index (χ4n) is 2.98. The average Bonchev–Trinajstić information content (AvgIpc) is 2.87. The Hall–Kier alpha value is -1.88. The predicted molar refractivity (Wildman–Crippen MR) is 78.1 cm³/mol. The molecule has 21 heavy (non-hydrogen) atoms. The topological polar surface area (TPSA) is 66.8 Å². The largest absolute Gasteiger partial charge is 0.479 e. The van der Waals surface area contributed by atoms with E-state index in [-0.39, 0.29) is 18.9 Å². The third kappa shape index (κ3) is 2.93. The Morgan fingerprint density at radius 1 is 1.38 bits per heavy atom. The summed E-state index contributed by atoms with van der Waals surface area (Å²) in [5.41, 5.74) is 0.762. The third-order valence-electron chi connectivity index (χ3n) is 4.17. The number of hydrogen-bond donors (Lipinski definition) is 1. The molecule has 1 saturated heterocycles. The number of ether oxygens (including phenoxy) is 1. The van der Waals surface area contributed by atoms with E-state index < -0.39 is 11.5 Å². The molecule has 5 nitrogen and oxygen atoms in total. The Balaban J connectivity index is 2.21. The number of aryl methyl sites for hydroxylation is 1. The molecule has 1 aromatic carbocycles. The normalized spacial score (nSPS) is 21.5. The van der Waals surface area contributed by atoms with E-state index in [0.29, 0.717) is 19.4 Å². The summed E-state index contributed by atoms with van der Waals surface area (Å²) >= 11 is 0. The maximum atomic E-state index is 12.6. The molecule has 1 aromatic rings. The number of nitrogens with zero attached hydrogens (tertiary/aromatic N) is 1. The summed E-state index contributed by atoms with van der Waals surface area (Å²) in [6.45, 7) is 2.45. The summed E-state index contributed by atoms with van der Waals surface area (Å²) in [5, 5.41) is 9.56. The van der Waals surface area contributed by atoms with Crippen LogP contribution in [-0.2, 0) is 20.7 Å². The fraction of sp³-hybridized carbons (Fsp3) is 0.500. The van der Waals surface area contributed by atoms with E-state index in [1.54, 1.807) is 0 Å². The maximum Gasteiger partial charge on any atom is 0.332 e. The van der Waals surface area contributed by atoms with E-state index in [1.807, 2.05) is 31.2 Å². The number of carboxylic acid groups (broad SMARTS) is 1. The van der Waals surface area contributed by atoms with E-state index in [4.69, 9.17) is 4.74 Å². The van der Waals surface area contributed by atoms with Crippen molar-refractivity contribution in [2.75, 3.05) is 20.3 Å². The molecule has 1 aliphatic heterocycles. The number of aliphatic carboxylic acids is 1. The van der Waals surface area contributed by atoms with Gasteiger partial charge in [0.1, 0.15) is 0 Å². The zero-order valence-corrected chi connectivity index (χ0v) is 12.5. The first-order valence-corrected chi connectivity index (χ1v) is 7.08. The van der Waals surface area contributed by atoms with E-state index in [9.17, 15) is 14.7 Å². The third-order valence-corrected chi connectivity index (χ3v) is 4.17. The van der Waals surface area contributed by atoms with Crippen LogP contribution in [0, 0.1) is 6.92 Å². The van der Waals surface area contributed by atoms with Gasteiger partial charge in [0.25, 0.3) is 0 Å². The molecule has 0 aromatic heterocycles. The molecule has 1 fully saturated rings. The van der Waals surface area contributed by atoms with Crippen LogP contribution in [0.5, 0.6) is 0 Å². The highest BCUT2D eigenvalue weighted by atomic mass is 16.5. The molecule has 1 N–H and O–H groups in total. The number of carboxylic acids is 1. The van der Waals surface area contributed by atoms with Gasteiger partial charge in [0.15, 0.2) is 5.54 Å². The van der Waals surface area contributed by atoms with Crippen molar-refractivity contribution < 1.29 is 19.4 Å². The van der Waals surface area contributed by atoms with Gasteiger partial charge in [-0.25, -0.2) is 4.79 Å². The minimum absolute atomic E-state index is 0.0296. The first-order chi connectivity index (χ1) is 10.0. The Morgan fingerprint density at radius 3 is 2.71 bits per heavy atom. The molecule has 1 atom stereocenters. The van der Waals surface area contributed by atoms with Gasteiger partial charge in [-0.05, 0) is 30.9 Å². The number of amides is 1. The number of rotatable bonds is 5. The van der Waals surface area contributed by atoms with Crippen LogP contribution in [0.4, 0.5) is 0 Å². The number of methoxy groups -OCH3 is 1. The summed E-state index contributed by atoms with van der Waals surface area (Å²) in [7, 11) is 1.47. The lowest BCUT2D eigenvalue weighted by Crippen LogP contribution is -2.56. The SMILES string of the molecule is COCC1(C(=O)O)CCCN1C(=O)Cc1ccccc1C. The van der Waals surface area contributed by atoms with Gasteiger partial charge in [-0.2, -0.15) is 0 Å². The minimum Gasteiger partial charge on any atom is -0.479 e. The minimum atomic E-state index is -1.21. The van der Waals surface area contributed by atoms with Crippen molar-refractivity contribution in [1.82, 2.24) is 4.90 Å². The van der Waals surface area contributed by atoms with Crippen LogP contribution in [0.2, 0.25) is 0 Å². The second kappa shape index (κ2) is 6.26. The molecular formula is C16H21NO4. The number of likely N-dealkylation sites (tertiary alicyclic amines) is 1. The Labute approximate surface area is 124 Å². The fourth-order valence-corrected chi connectivity index (χ4v) is 2.98. The van der Waals surface area contributed by atoms with Crippen LogP contribution >= 0.6 is 0 Å². The molecule has 2 rings (SSSR count). The highest BCUT2D eigenvalue weighted by Crippen LogP contribution is 2.31. The van der Waals surface area contributed by atoms with E-state index >= 15 is 0 Å². The standard InChI is InChI=1S/C16H21NO4/c1-12-6-3-4-7-13(12)10-14(18)17-9-5-8-16(17,11-21-2)15(19)20/h3-4,6-7H,5,8-11H2,1-2H3,(H,19,20). The van der Waals surface area contributed by atoms with Gasteiger partial charge in [0, 0.05) is 13.7 Å². The monoisotopic (exact) mass is 291 g/mol. The van der Waals surface area contributed by atoms with Crippen LogP contribution < -0.4 is 0 Å². The Morgan fingerprint density at radius 2 is 2.10 bits per heavy atom. The van der Waals surface area contributed by atoms with E-state index in [1.165, 1.54) is 12.0 Å². The summed E-state index contributed by atoms with van der Waals surface area (Å²) in [6, 6.07) is 7.67. The lowest BCUT2D eigenvalue weighted by atomic mass is 9.96. The lowest BCUT2D eigenvalue weighted by molar-refractivity contribution is -0.160. The maximum absolute atomic E-state index is 12.6. The molecule has 0 aliphatic carbocycles. The predicted octanol–water partition coefficient (Wildman–Crippen LogP) is 1.63. The first-order valence-electron chi connectivity index (χ1n) is 7.08. The zero-order valence-electron chi connectivity index (χ0n) is 12.5. The highest BCUT2D eigenvalue weighted by molar-refractivity contribution is 5.89. The molecule has 1 aliphatic rings. The van der Waals surface area contributed by atoms with E-state index in [0.717, 1.165) is 11.1 Å². The molecule has 5 heteroatoms. The van der Waals surface area contributed by atoms with Crippen molar-refractivity contribution in [2.45, 2.75) is 31.7 Å². The highest BCUT2D eigenvalue weighted by Gasteiger charge is 2.49. The quantitative estimate of drug-likeness (QED) is 0.895. The number of carbonyl (C=O) groups is 2. The molecule has 1 heterocycles. The molecule has 1 amide bonds. The number of hydrogen-bond acceptors (Lipinski definition) is 3. The smallest absolute Gasteiger partial charge is 0.332 e. The molecular weight excluding hydrogens is 270 g/mol. The van der Waals surface area contributed by atoms with Gasteiger partial charge < -0.3 is 14.7 Å². The van der Waals surface area contributed by atoms with Crippen LogP contribution in [0.15, 0.2) is 24.3 Å². The van der Waals surface area contributed by atoms with Crippen LogP contribution in [0.25, 0.3) is 0 Å². The van der Waals surface area contributed by atoms with Crippen molar-refractivity contribution in [3.63, 3.8) is 0 Å². The lowest BCUT2D eigenvalue weighted by Gasteiger charge is -2.34. The van der Waals surface area contributed by atoms with Gasteiger partial charge in [-0.1, -0.05) is 24.3 Å². The van der Waals surface area contributed by atoms with Gasteiger partial charge in [-0.3, -0.25) is 4.79 Å². The van der Waals surface area contributed by atoms with Crippen molar-refractivity contribution >= 4 is 11.9 Å². The van der Waals surface area contributed by atoms with Gasteiger partial charge >= 0.3 is 5.97 Å². The number of benzene rings is 1. The van der Waals surface area contributed by atoms with Crippen LogP contribution in [0.3, 0.4) is 0 Å². The number of carbonyl (C=O) groups excluding carboxylic acids is 1. The molecule has 0 bridgehead atoms.